The molecule has 0 aromatic heterocycles. The zero-order valence-corrected chi connectivity index (χ0v) is 18.7. The number of para-hydroxylation sites is 1. The van der Waals surface area contributed by atoms with Crippen molar-refractivity contribution in [2.24, 2.45) is 4.99 Å². The molecule has 0 saturated heterocycles. The predicted octanol–water partition coefficient (Wildman–Crippen LogP) is 4.80. The average Bonchev–Trinajstić information content (AvgIpc) is 3.06. The van der Waals surface area contributed by atoms with E-state index >= 15 is 0 Å². The Kier molecular flexibility index (Phi) is 7.37. The maximum absolute atomic E-state index is 12.6. The summed E-state index contributed by atoms with van der Waals surface area (Å²) in [5, 5.41) is 21.2. The van der Waals surface area contributed by atoms with Gasteiger partial charge in [0.25, 0.3) is 5.91 Å². The Morgan fingerprint density at radius 3 is 2.44 bits per heavy atom. The Bertz CT molecular complexity index is 1130. The lowest BCUT2D eigenvalue weighted by molar-refractivity contribution is -0.138. The van der Waals surface area contributed by atoms with Gasteiger partial charge in [0, 0.05) is 11.1 Å². The number of rotatable bonds is 6. The summed E-state index contributed by atoms with van der Waals surface area (Å²) in [6, 6.07) is 11.8. The quantitative estimate of drug-likeness (QED) is 0.605. The minimum Gasteiger partial charge on any atom is -0.506 e. The molecule has 1 aliphatic rings. The molecule has 1 heterocycles. The summed E-state index contributed by atoms with van der Waals surface area (Å²) < 4.78 is 10.4. The Morgan fingerprint density at radius 2 is 1.78 bits per heavy atom. The first-order valence-corrected chi connectivity index (χ1v) is 10.8. The SMILES string of the molecule is CCOC(=O)C1=C(O)/C(=C/c2cccc(OCC)c2O)SC1=NC(=O)c1ccc(C)cc1. The van der Waals surface area contributed by atoms with E-state index < -0.39 is 11.9 Å². The number of phenolic OH excluding ortho intramolecular Hbond substituents is 1. The molecule has 2 aromatic rings. The second-order valence-electron chi connectivity index (χ2n) is 6.77. The Hall–Kier alpha value is -3.52. The monoisotopic (exact) mass is 453 g/mol. The van der Waals surface area contributed by atoms with Gasteiger partial charge in [-0.1, -0.05) is 41.6 Å². The summed E-state index contributed by atoms with van der Waals surface area (Å²) in [4.78, 5) is 29.4. The molecule has 1 aliphatic heterocycles. The van der Waals surface area contributed by atoms with Crippen LogP contribution in [0.4, 0.5) is 0 Å². The van der Waals surface area contributed by atoms with Gasteiger partial charge in [-0.25, -0.2) is 9.79 Å². The summed E-state index contributed by atoms with van der Waals surface area (Å²) in [6.07, 6.45) is 1.50. The maximum atomic E-state index is 12.6. The van der Waals surface area contributed by atoms with Crippen LogP contribution in [0.25, 0.3) is 6.08 Å². The van der Waals surface area contributed by atoms with Gasteiger partial charge in [-0.3, -0.25) is 4.79 Å². The van der Waals surface area contributed by atoms with Crippen molar-refractivity contribution in [1.29, 1.82) is 0 Å². The number of hydrogen-bond acceptors (Lipinski definition) is 7. The molecule has 2 aromatic carbocycles. The summed E-state index contributed by atoms with van der Waals surface area (Å²) in [5.41, 5.74) is 1.53. The first-order chi connectivity index (χ1) is 15.3. The van der Waals surface area contributed by atoms with Gasteiger partial charge in [0.15, 0.2) is 11.5 Å². The van der Waals surface area contributed by atoms with E-state index in [0.29, 0.717) is 23.5 Å². The number of aliphatic imine (C=N–C) groups is 1. The normalized spacial score (nSPS) is 16.0. The molecule has 7 nitrogen and oxygen atoms in total. The Morgan fingerprint density at radius 1 is 1.06 bits per heavy atom. The molecule has 166 valence electrons. The Labute approximate surface area is 190 Å². The van der Waals surface area contributed by atoms with E-state index in [4.69, 9.17) is 9.47 Å². The molecule has 0 bridgehead atoms. The summed E-state index contributed by atoms with van der Waals surface area (Å²) in [6.45, 7) is 5.80. The largest absolute Gasteiger partial charge is 0.506 e. The molecule has 32 heavy (non-hydrogen) atoms. The third-order valence-corrected chi connectivity index (χ3v) is 5.51. The van der Waals surface area contributed by atoms with Crippen LogP contribution < -0.4 is 4.74 Å². The Balaban J connectivity index is 2.03. The predicted molar refractivity (Wildman–Crippen MR) is 124 cm³/mol. The van der Waals surface area contributed by atoms with E-state index in [2.05, 4.69) is 4.99 Å². The molecule has 0 radical (unpaired) electrons. The molecule has 8 heteroatoms. The lowest BCUT2D eigenvalue weighted by Crippen LogP contribution is -2.14. The van der Waals surface area contributed by atoms with Crippen molar-refractivity contribution in [3.05, 3.63) is 75.4 Å². The van der Waals surface area contributed by atoms with Gasteiger partial charge >= 0.3 is 5.97 Å². The van der Waals surface area contributed by atoms with Crippen LogP contribution in [0.5, 0.6) is 11.5 Å². The van der Waals surface area contributed by atoms with Crippen LogP contribution in [-0.4, -0.2) is 40.3 Å². The molecular weight excluding hydrogens is 430 g/mol. The second-order valence-corrected chi connectivity index (χ2v) is 7.80. The number of esters is 1. The first kappa shape index (κ1) is 23.1. The van der Waals surface area contributed by atoms with Crippen LogP contribution >= 0.6 is 11.8 Å². The van der Waals surface area contributed by atoms with Crippen molar-refractivity contribution < 1.29 is 29.3 Å². The van der Waals surface area contributed by atoms with Crippen molar-refractivity contribution in [3.63, 3.8) is 0 Å². The molecule has 0 spiro atoms. The van der Waals surface area contributed by atoms with Crippen molar-refractivity contribution in [1.82, 2.24) is 0 Å². The molecule has 2 N–H and O–H groups in total. The summed E-state index contributed by atoms with van der Waals surface area (Å²) in [7, 11) is 0. The van der Waals surface area contributed by atoms with Crippen LogP contribution in [0.1, 0.15) is 35.3 Å². The molecule has 0 fully saturated rings. The van der Waals surface area contributed by atoms with Crippen LogP contribution in [0.2, 0.25) is 0 Å². The number of ether oxygens (including phenoxy) is 2. The van der Waals surface area contributed by atoms with Crippen LogP contribution in [0.3, 0.4) is 0 Å². The smallest absolute Gasteiger partial charge is 0.344 e. The highest BCUT2D eigenvalue weighted by Crippen LogP contribution is 2.41. The van der Waals surface area contributed by atoms with Crippen molar-refractivity contribution >= 4 is 34.8 Å². The number of thioether (sulfide) groups is 1. The van der Waals surface area contributed by atoms with Gasteiger partial charge in [0.2, 0.25) is 0 Å². The van der Waals surface area contributed by atoms with Crippen LogP contribution in [0, 0.1) is 6.92 Å². The zero-order chi connectivity index (χ0) is 23.3. The van der Waals surface area contributed by atoms with Crippen molar-refractivity contribution in [3.8, 4) is 11.5 Å². The lowest BCUT2D eigenvalue weighted by Gasteiger charge is -2.08. The number of hydrogen-bond donors (Lipinski definition) is 2. The van der Waals surface area contributed by atoms with E-state index in [-0.39, 0.29) is 33.6 Å². The fourth-order valence-electron chi connectivity index (χ4n) is 2.91. The van der Waals surface area contributed by atoms with Gasteiger partial charge in [-0.2, -0.15) is 0 Å². The number of amides is 1. The lowest BCUT2D eigenvalue weighted by atomic mass is 10.1. The fourth-order valence-corrected chi connectivity index (χ4v) is 3.92. The second kappa shape index (κ2) is 10.2. The number of aliphatic hydroxyl groups excluding tert-OH is 1. The molecule has 0 aliphatic carbocycles. The van der Waals surface area contributed by atoms with Gasteiger partial charge in [-0.05, 0) is 45.0 Å². The minimum atomic E-state index is -0.788. The highest BCUT2D eigenvalue weighted by atomic mass is 32.2. The van der Waals surface area contributed by atoms with Crippen LogP contribution in [-0.2, 0) is 9.53 Å². The third kappa shape index (κ3) is 5.03. The topological polar surface area (TPSA) is 105 Å². The van der Waals surface area contributed by atoms with Gasteiger partial charge in [-0.15, -0.1) is 0 Å². The highest BCUT2D eigenvalue weighted by molar-refractivity contribution is 8.18. The van der Waals surface area contributed by atoms with Gasteiger partial charge in [0.1, 0.15) is 16.4 Å². The fraction of sp³-hybridized carbons (Fsp3) is 0.208. The molecule has 0 atom stereocenters. The third-order valence-electron chi connectivity index (χ3n) is 4.49. The number of aliphatic hydroxyl groups is 1. The van der Waals surface area contributed by atoms with Crippen LogP contribution in [0.15, 0.2) is 63.7 Å². The number of aromatic hydroxyl groups is 1. The minimum absolute atomic E-state index is 0.0261. The number of phenols is 1. The van der Waals surface area contributed by atoms with Crippen molar-refractivity contribution in [2.75, 3.05) is 13.2 Å². The van der Waals surface area contributed by atoms with Gasteiger partial charge in [0.05, 0.1) is 18.1 Å². The number of nitrogens with zero attached hydrogens (tertiary/aromatic N) is 1. The van der Waals surface area contributed by atoms with E-state index in [9.17, 15) is 19.8 Å². The van der Waals surface area contributed by atoms with E-state index in [1.165, 1.54) is 6.08 Å². The molecule has 0 unspecified atom stereocenters. The van der Waals surface area contributed by atoms with E-state index in [1.54, 1.807) is 56.3 Å². The van der Waals surface area contributed by atoms with Crippen molar-refractivity contribution in [2.45, 2.75) is 20.8 Å². The van der Waals surface area contributed by atoms with E-state index in [1.807, 2.05) is 6.92 Å². The standard InChI is InChI=1S/C24H23NO6S/c1-4-30-17-8-6-7-16(20(17)26)13-18-21(27)19(24(29)31-5-2)23(32-18)25-22(28)15-11-9-14(3)10-12-15/h6-13,26-27H,4-5H2,1-3H3/b18-13-,25-23?. The number of benzene rings is 2. The number of carbonyl (C=O) groups is 2. The molecular formula is C24H23NO6S. The zero-order valence-electron chi connectivity index (χ0n) is 17.9. The summed E-state index contributed by atoms with van der Waals surface area (Å²) in [5.74, 6) is -1.52. The number of carbonyl (C=O) groups excluding carboxylic acids is 2. The molecule has 3 rings (SSSR count). The molecule has 0 saturated carbocycles. The summed E-state index contributed by atoms with van der Waals surface area (Å²) >= 11 is 0.943. The van der Waals surface area contributed by atoms with E-state index in [0.717, 1.165) is 17.3 Å². The maximum Gasteiger partial charge on any atom is 0.344 e. The first-order valence-electron chi connectivity index (χ1n) is 10.0. The average molecular weight is 454 g/mol. The molecule has 1 amide bonds. The van der Waals surface area contributed by atoms with Gasteiger partial charge < -0.3 is 19.7 Å². The highest BCUT2D eigenvalue weighted by Gasteiger charge is 2.34. The number of aryl methyl sites for hydroxylation is 1.